The molecule has 1 heterocycles. The van der Waals surface area contributed by atoms with E-state index in [9.17, 15) is 4.48 Å². The van der Waals surface area contributed by atoms with Gasteiger partial charge in [0.05, 0.1) is 16.7 Å². The Bertz CT molecular complexity index is 555. The zero-order valence-electron chi connectivity index (χ0n) is 10.6. The van der Waals surface area contributed by atoms with E-state index in [0.29, 0.717) is 29.4 Å². The highest BCUT2D eigenvalue weighted by Crippen LogP contribution is 2.50. The lowest BCUT2D eigenvalue weighted by atomic mass is 9.62. The molecule has 0 bridgehead atoms. The molecular weight excluding hydrogens is 267 g/mol. The molecule has 1 saturated heterocycles. The van der Waals surface area contributed by atoms with Crippen LogP contribution in [-0.4, -0.2) is 24.3 Å². The summed E-state index contributed by atoms with van der Waals surface area (Å²) in [5, 5.41) is 10.3. The zero-order chi connectivity index (χ0) is 13.6. The van der Waals surface area contributed by atoms with Crippen molar-refractivity contribution in [2.24, 2.45) is 5.41 Å². The van der Waals surface area contributed by atoms with Crippen molar-refractivity contribution in [3.8, 4) is 11.8 Å². The van der Waals surface area contributed by atoms with Gasteiger partial charge in [0.2, 0.25) is 0 Å². The molecule has 0 amide bonds. The van der Waals surface area contributed by atoms with Crippen LogP contribution in [0.1, 0.15) is 24.0 Å². The van der Waals surface area contributed by atoms with Crippen molar-refractivity contribution in [2.75, 3.05) is 13.1 Å². The number of benzene rings is 1. The number of nitrogens with zero attached hydrogens (tertiary/aromatic N) is 2. The van der Waals surface area contributed by atoms with Gasteiger partial charge in [0, 0.05) is 24.1 Å². The van der Waals surface area contributed by atoms with E-state index in [0.717, 1.165) is 23.5 Å². The first-order valence-electron chi connectivity index (χ1n) is 6.30. The smallest absolute Gasteiger partial charge is 0.124 e. The van der Waals surface area contributed by atoms with Gasteiger partial charge in [-0.05, 0) is 31.9 Å². The third-order valence-electron chi connectivity index (χ3n) is 4.11. The molecule has 3 rings (SSSR count). The van der Waals surface area contributed by atoms with E-state index >= 15 is 0 Å². The molecule has 5 heteroatoms. The Balaban J connectivity index is 1.68. The molecule has 1 aromatic rings. The van der Waals surface area contributed by atoms with Crippen LogP contribution in [0, 0.1) is 23.7 Å². The molecule has 0 atom stereocenters. The number of hydrogen-bond donors (Lipinski definition) is 0. The number of rotatable bonds is 2. The van der Waals surface area contributed by atoms with E-state index in [1.807, 2.05) is 6.92 Å². The molecule has 2 fully saturated rings. The molecule has 100 valence electrons. The maximum absolute atomic E-state index is 12.7. The first kappa shape index (κ1) is 12.7. The van der Waals surface area contributed by atoms with Gasteiger partial charge in [-0.3, -0.25) is 0 Å². The van der Waals surface area contributed by atoms with Gasteiger partial charge in [0.15, 0.2) is 0 Å². The fourth-order valence-corrected chi connectivity index (χ4v) is 3.28. The standard InChI is InChI=1S/C14H14ClFN2O/c1-9-11(6-17)12(15)2-3-13(9)19-10-4-14(5-10)7-18(16)8-14/h2-3,10H,4-5,7-8H2,1H3. The summed E-state index contributed by atoms with van der Waals surface area (Å²) in [7, 11) is 0. The van der Waals surface area contributed by atoms with Gasteiger partial charge in [0.1, 0.15) is 11.8 Å². The topological polar surface area (TPSA) is 36.3 Å². The van der Waals surface area contributed by atoms with Crippen LogP contribution in [0.3, 0.4) is 0 Å². The molecule has 1 aliphatic carbocycles. The summed E-state index contributed by atoms with van der Waals surface area (Å²) in [5.41, 5.74) is 1.38. The van der Waals surface area contributed by atoms with E-state index in [1.54, 1.807) is 12.1 Å². The monoisotopic (exact) mass is 280 g/mol. The normalized spacial score (nSPS) is 21.6. The molecule has 1 aliphatic heterocycles. The Morgan fingerprint density at radius 1 is 1.47 bits per heavy atom. The Labute approximate surface area is 116 Å². The lowest BCUT2D eigenvalue weighted by Gasteiger charge is -2.55. The minimum Gasteiger partial charge on any atom is -0.490 e. The largest absolute Gasteiger partial charge is 0.490 e. The molecule has 1 saturated carbocycles. The predicted molar refractivity (Wildman–Crippen MR) is 69.7 cm³/mol. The maximum atomic E-state index is 12.7. The minimum absolute atomic E-state index is 0.125. The summed E-state index contributed by atoms with van der Waals surface area (Å²) in [6.07, 6.45) is 1.90. The molecule has 0 radical (unpaired) electrons. The SMILES string of the molecule is Cc1c(OC2CC3(C2)CN(F)C3)ccc(Cl)c1C#N. The Hall–Kier alpha value is -1.31. The Morgan fingerprint density at radius 2 is 2.16 bits per heavy atom. The van der Waals surface area contributed by atoms with Gasteiger partial charge in [-0.1, -0.05) is 11.6 Å². The molecule has 0 N–H and O–H groups in total. The van der Waals surface area contributed by atoms with Crippen LogP contribution in [0.2, 0.25) is 5.02 Å². The van der Waals surface area contributed by atoms with Crippen molar-refractivity contribution in [2.45, 2.75) is 25.9 Å². The summed E-state index contributed by atoms with van der Waals surface area (Å²) >= 11 is 5.95. The van der Waals surface area contributed by atoms with Crippen molar-refractivity contribution in [3.63, 3.8) is 0 Å². The summed E-state index contributed by atoms with van der Waals surface area (Å²) < 4.78 is 18.6. The van der Waals surface area contributed by atoms with Gasteiger partial charge in [0.25, 0.3) is 0 Å². The molecular formula is C14H14ClFN2O. The first-order chi connectivity index (χ1) is 9.03. The van der Waals surface area contributed by atoms with Crippen molar-refractivity contribution in [1.82, 2.24) is 5.12 Å². The van der Waals surface area contributed by atoms with E-state index in [2.05, 4.69) is 6.07 Å². The molecule has 1 spiro atoms. The number of nitriles is 1. The summed E-state index contributed by atoms with van der Waals surface area (Å²) in [6, 6.07) is 5.57. The van der Waals surface area contributed by atoms with Gasteiger partial charge < -0.3 is 4.74 Å². The quantitative estimate of drug-likeness (QED) is 0.780. The summed E-state index contributed by atoms with van der Waals surface area (Å²) in [5.74, 6) is 0.706. The number of halogens is 2. The van der Waals surface area contributed by atoms with Crippen molar-refractivity contribution < 1.29 is 9.22 Å². The van der Waals surface area contributed by atoms with Gasteiger partial charge in [-0.25, -0.2) is 0 Å². The van der Waals surface area contributed by atoms with Crippen molar-refractivity contribution in [1.29, 1.82) is 5.26 Å². The first-order valence-corrected chi connectivity index (χ1v) is 6.67. The average molecular weight is 281 g/mol. The van der Waals surface area contributed by atoms with E-state index in [4.69, 9.17) is 21.6 Å². The Morgan fingerprint density at radius 3 is 2.74 bits per heavy atom. The fourth-order valence-electron chi connectivity index (χ4n) is 3.03. The second kappa shape index (κ2) is 4.36. The summed E-state index contributed by atoms with van der Waals surface area (Å²) in [4.78, 5) is 0. The van der Waals surface area contributed by atoms with E-state index < -0.39 is 0 Å². The highest BCUT2D eigenvalue weighted by Gasteiger charge is 2.54. The van der Waals surface area contributed by atoms with Crippen LogP contribution in [-0.2, 0) is 0 Å². The van der Waals surface area contributed by atoms with Crippen molar-refractivity contribution in [3.05, 3.63) is 28.3 Å². The summed E-state index contributed by atoms with van der Waals surface area (Å²) in [6.45, 7) is 2.88. The van der Waals surface area contributed by atoms with Crippen LogP contribution >= 0.6 is 11.6 Å². The van der Waals surface area contributed by atoms with Crippen LogP contribution in [0.4, 0.5) is 4.48 Å². The third-order valence-corrected chi connectivity index (χ3v) is 4.42. The lowest BCUT2D eigenvalue weighted by Crippen LogP contribution is -2.62. The second-order valence-corrected chi connectivity index (χ2v) is 5.99. The Kier molecular flexibility index (Phi) is 2.92. The molecule has 1 aromatic carbocycles. The van der Waals surface area contributed by atoms with Crippen molar-refractivity contribution >= 4 is 11.6 Å². The van der Waals surface area contributed by atoms with E-state index in [-0.39, 0.29) is 11.5 Å². The predicted octanol–water partition coefficient (Wildman–Crippen LogP) is 3.25. The van der Waals surface area contributed by atoms with E-state index in [1.165, 1.54) is 0 Å². The van der Waals surface area contributed by atoms with Crippen LogP contribution in [0.25, 0.3) is 0 Å². The van der Waals surface area contributed by atoms with Gasteiger partial charge in [-0.2, -0.15) is 5.26 Å². The van der Waals surface area contributed by atoms with Crippen LogP contribution < -0.4 is 4.74 Å². The highest BCUT2D eigenvalue weighted by atomic mass is 35.5. The minimum atomic E-state index is 0.125. The highest BCUT2D eigenvalue weighted by molar-refractivity contribution is 6.31. The molecule has 19 heavy (non-hydrogen) atoms. The molecule has 0 aromatic heterocycles. The molecule has 0 unspecified atom stereocenters. The lowest BCUT2D eigenvalue weighted by molar-refractivity contribution is -0.194. The molecule has 3 nitrogen and oxygen atoms in total. The second-order valence-electron chi connectivity index (χ2n) is 5.58. The third kappa shape index (κ3) is 2.07. The van der Waals surface area contributed by atoms with Crippen LogP contribution in [0.15, 0.2) is 12.1 Å². The fraction of sp³-hybridized carbons (Fsp3) is 0.500. The maximum Gasteiger partial charge on any atom is 0.124 e. The van der Waals surface area contributed by atoms with Crippen LogP contribution in [0.5, 0.6) is 5.75 Å². The number of hydrogen-bond acceptors (Lipinski definition) is 3. The average Bonchev–Trinajstić information content (AvgIpc) is 2.28. The van der Waals surface area contributed by atoms with Gasteiger partial charge >= 0.3 is 0 Å². The zero-order valence-corrected chi connectivity index (χ0v) is 11.4. The molecule has 2 aliphatic rings. The van der Waals surface area contributed by atoms with Gasteiger partial charge in [-0.15, -0.1) is 9.60 Å². The number of ether oxygens (including phenoxy) is 1.